The van der Waals surface area contributed by atoms with Crippen LogP contribution in [0.5, 0.6) is 11.5 Å². The first-order chi connectivity index (χ1) is 17.5. The van der Waals surface area contributed by atoms with Crippen LogP contribution >= 0.6 is 0 Å². The number of aliphatic imine (C=N–C) groups is 1. The molecule has 2 aromatic rings. The Kier molecular flexibility index (Phi) is 5.82. The van der Waals surface area contributed by atoms with Crippen molar-refractivity contribution in [2.24, 2.45) is 16.6 Å². The molecule has 5 aliphatic rings. The third-order valence-corrected chi connectivity index (χ3v) is 7.85. The SMILES string of the molecule is CCOc1ccc2cc1CN1C(=O)CC(CCC3CC3c3ccc4c(c3)C(CCO4)NC2=O)N=C1N. The molecule has 4 unspecified atom stereocenters. The van der Waals surface area contributed by atoms with Crippen molar-refractivity contribution in [3.05, 3.63) is 58.7 Å². The van der Waals surface area contributed by atoms with E-state index >= 15 is 0 Å². The van der Waals surface area contributed by atoms with E-state index in [1.54, 1.807) is 18.2 Å². The van der Waals surface area contributed by atoms with E-state index in [0.29, 0.717) is 42.8 Å². The molecule has 0 aromatic heterocycles. The number of benzene rings is 2. The van der Waals surface area contributed by atoms with Gasteiger partial charge in [0.25, 0.3) is 5.91 Å². The Balaban J connectivity index is 1.39. The number of guanidine groups is 1. The molecule has 4 atom stereocenters. The van der Waals surface area contributed by atoms with Gasteiger partial charge in [0.2, 0.25) is 5.91 Å². The molecule has 4 aliphatic heterocycles. The number of carbonyl (C=O) groups is 2. The van der Waals surface area contributed by atoms with Crippen LogP contribution in [0.4, 0.5) is 0 Å². The van der Waals surface area contributed by atoms with Gasteiger partial charge >= 0.3 is 0 Å². The fourth-order valence-corrected chi connectivity index (χ4v) is 5.81. The number of nitrogens with zero attached hydrogens (tertiary/aromatic N) is 2. The summed E-state index contributed by atoms with van der Waals surface area (Å²) in [6, 6.07) is 11.6. The summed E-state index contributed by atoms with van der Waals surface area (Å²) in [6.07, 6.45) is 4.07. The standard InChI is InChI=1S/C28H32N4O4/c1-2-35-24-7-5-18-11-19(24)15-32-26(33)14-20(30-28(32)29)6-3-16-12-21(16)17-4-8-25-22(13-17)23(9-10-36-25)31-27(18)34/h4-5,7-8,11,13,16,20-21,23H,2-3,6,9-10,12,14-15H2,1H3,(H2,29,30)(H,31,34). The molecule has 188 valence electrons. The Labute approximate surface area is 210 Å². The number of hydrogen-bond donors (Lipinski definition) is 2. The number of carbonyl (C=O) groups excluding carboxylic acids is 2. The van der Waals surface area contributed by atoms with Crippen LogP contribution in [-0.2, 0) is 11.3 Å². The summed E-state index contributed by atoms with van der Waals surface area (Å²) < 4.78 is 11.7. The van der Waals surface area contributed by atoms with Gasteiger partial charge in [-0.05, 0) is 73.9 Å². The van der Waals surface area contributed by atoms with E-state index in [9.17, 15) is 9.59 Å². The van der Waals surface area contributed by atoms with Crippen LogP contribution in [0.2, 0.25) is 0 Å². The molecule has 0 spiro atoms. The number of rotatable bonds is 2. The summed E-state index contributed by atoms with van der Waals surface area (Å²) in [5.74, 6) is 2.59. The Bertz CT molecular complexity index is 1240. The Morgan fingerprint density at radius 2 is 2.06 bits per heavy atom. The zero-order valence-corrected chi connectivity index (χ0v) is 20.5. The molecule has 0 saturated heterocycles. The van der Waals surface area contributed by atoms with E-state index in [2.05, 4.69) is 22.4 Å². The normalized spacial score (nSPS) is 27.1. The van der Waals surface area contributed by atoms with Crippen LogP contribution in [0.25, 0.3) is 0 Å². The molecule has 0 radical (unpaired) electrons. The van der Waals surface area contributed by atoms with Gasteiger partial charge in [-0.2, -0.15) is 0 Å². The van der Waals surface area contributed by atoms with Gasteiger partial charge in [0, 0.05) is 29.5 Å². The maximum atomic E-state index is 13.4. The third kappa shape index (κ3) is 4.29. The molecule has 36 heavy (non-hydrogen) atoms. The summed E-state index contributed by atoms with van der Waals surface area (Å²) in [4.78, 5) is 32.6. The van der Waals surface area contributed by atoms with Gasteiger partial charge in [-0.15, -0.1) is 0 Å². The zero-order chi connectivity index (χ0) is 24.8. The monoisotopic (exact) mass is 488 g/mol. The minimum atomic E-state index is -0.167. The molecule has 4 heterocycles. The summed E-state index contributed by atoms with van der Waals surface area (Å²) in [5.41, 5.74) is 9.87. The van der Waals surface area contributed by atoms with Gasteiger partial charge < -0.3 is 20.5 Å². The van der Waals surface area contributed by atoms with Gasteiger partial charge in [0.1, 0.15) is 11.5 Å². The topological polar surface area (TPSA) is 106 Å². The Morgan fingerprint density at radius 3 is 2.89 bits per heavy atom. The molecule has 6 bridgehead atoms. The van der Waals surface area contributed by atoms with Crippen molar-refractivity contribution in [2.45, 2.75) is 63.6 Å². The molecule has 3 N–H and O–H groups in total. The number of nitrogens with one attached hydrogen (secondary N) is 1. The zero-order valence-electron chi connectivity index (χ0n) is 20.5. The van der Waals surface area contributed by atoms with Gasteiger partial charge in [0.15, 0.2) is 5.96 Å². The third-order valence-electron chi connectivity index (χ3n) is 7.85. The molecule has 2 aromatic carbocycles. The number of fused-ring (bicyclic) bond motifs is 3. The maximum Gasteiger partial charge on any atom is 0.251 e. The lowest BCUT2D eigenvalue weighted by atomic mass is 9.95. The first-order valence-electron chi connectivity index (χ1n) is 13.0. The lowest BCUT2D eigenvalue weighted by Crippen LogP contribution is -2.46. The van der Waals surface area contributed by atoms with E-state index < -0.39 is 0 Å². The molecular weight excluding hydrogens is 456 g/mol. The van der Waals surface area contributed by atoms with E-state index in [0.717, 1.165) is 42.6 Å². The summed E-state index contributed by atoms with van der Waals surface area (Å²) >= 11 is 0. The molecule has 8 heteroatoms. The van der Waals surface area contributed by atoms with Crippen molar-refractivity contribution in [1.29, 1.82) is 0 Å². The van der Waals surface area contributed by atoms with Crippen LogP contribution in [-0.4, -0.2) is 41.9 Å². The fourth-order valence-electron chi connectivity index (χ4n) is 5.81. The molecular formula is C28H32N4O4. The number of nitrogens with two attached hydrogens (primary N) is 1. The molecule has 7 rings (SSSR count). The second-order valence-corrected chi connectivity index (χ2v) is 10.2. The first-order valence-corrected chi connectivity index (χ1v) is 13.0. The predicted molar refractivity (Wildman–Crippen MR) is 135 cm³/mol. The Morgan fingerprint density at radius 1 is 1.17 bits per heavy atom. The molecule has 8 nitrogen and oxygen atoms in total. The predicted octanol–water partition coefficient (Wildman–Crippen LogP) is 3.65. The average Bonchev–Trinajstić information content (AvgIpc) is 3.65. The van der Waals surface area contributed by atoms with Crippen molar-refractivity contribution < 1.29 is 19.1 Å². The lowest BCUT2D eigenvalue weighted by molar-refractivity contribution is -0.129. The highest BCUT2D eigenvalue weighted by molar-refractivity contribution is 5.99. The van der Waals surface area contributed by atoms with E-state index in [1.807, 2.05) is 13.0 Å². The number of ether oxygens (including phenoxy) is 2. The summed E-state index contributed by atoms with van der Waals surface area (Å²) in [7, 11) is 0. The van der Waals surface area contributed by atoms with Crippen molar-refractivity contribution in [3.8, 4) is 11.5 Å². The molecule has 1 saturated carbocycles. The van der Waals surface area contributed by atoms with Gasteiger partial charge in [-0.1, -0.05) is 6.07 Å². The van der Waals surface area contributed by atoms with Crippen LogP contribution in [0.3, 0.4) is 0 Å². The van der Waals surface area contributed by atoms with Gasteiger partial charge in [-0.3, -0.25) is 14.5 Å². The quantitative estimate of drug-likeness (QED) is 0.671. The van der Waals surface area contributed by atoms with Crippen LogP contribution < -0.4 is 20.5 Å². The van der Waals surface area contributed by atoms with Crippen molar-refractivity contribution >= 4 is 17.8 Å². The van der Waals surface area contributed by atoms with Gasteiger partial charge in [0.05, 0.1) is 31.8 Å². The highest BCUT2D eigenvalue weighted by Crippen LogP contribution is 2.51. The van der Waals surface area contributed by atoms with Crippen LogP contribution in [0.15, 0.2) is 41.4 Å². The molecule has 1 fully saturated rings. The summed E-state index contributed by atoms with van der Waals surface area (Å²) in [6.45, 7) is 3.16. The largest absolute Gasteiger partial charge is 0.494 e. The Hall–Kier alpha value is -3.55. The van der Waals surface area contributed by atoms with Gasteiger partial charge in [-0.25, -0.2) is 4.99 Å². The molecule has 1 aliphatic carbocycles. The average molecular weight is 489 g/mol. The number of hydrogen-bond acceptors (Lipinski definition) is 6. The van der Waals surface area contributed by atoms with Crippen LogP contribution in [0, 0.1) is 5.92 Å². The van der Waals surface area contributed by atoms with E-state index in [4.69, 9.17) is 15.2 Å². The first kappa shape index (κ1) is 22.9. The van der Waals surface area contributed by atoms with Crippen LogP contribution in [0.1, 0.15) is 78.0 Å². The summed E-state index contributed by atoms with van der Waals surface area (Å²) in [5, 5.41) is 3.22. The van der Waals surface area contributed by atoms with Crippen molar-refractivity contribution in [3.63, 3.8) is 0 Å². The lowest BCUT2D eigenvalue weighted by Gasteiger charge is -2.30. The fraction of sp³-hybridized carbons (Fsp3) is 0.464. The second kappa shape index (κ2) is 9.15. The smallest absolute Gasteiger partial charge is 0.251 e. The van der Waals surface area contributed by atoms with Crippen molar-refractivity contribution in [2.75, 3.05) is 13.2 Å². The van der Waals surface area contributed by atoms with Crippen molar-refractivity contribution in [1.82, 2.24) is 10.2 Å². The minimum absolute atomic E-state index is 0.0410. The number of amides is 2. The van der Waals surface area contributed by atoms with E-state index in [-0.39, 0.29) is 36.4 Å². The minimum Gasteiger partial charge on any atom is -0.494 e. The molecule has 2 amide bonds. The maximum absolute atomic E-state index is 13.4. The highest BCUT2D eigenvalue weighted by Gasteiger charge is 2.40. The second-order valence-electron chi connectivity index (χ2n) is 10.2. The highest BCUT2D eigenvalue weighted by atomic mass is 16.5. The van der Waals surface area contributed by atoms with E-state index in [1.165, 1.54) is 10.5 Å².